The van der Waals surface area contributed by atoms with Gasteiger partial charge in [-0.15, -0.1) is 0 Å². The maximum atomic E-state index is 5.78. The van der Waals surface area contributed by atoms with Crippen LogP contribution in [0.3, 0.4) is 0 Å². The normalized spacial score (nSPS) is 12.5. The van der Waals surface area contributed by atoms with Crippen LogP contribution in [0.4, 0.5) is 0 Å². The summed E-state index contributed by atoms with van der Waals surface area (Å²) < 4.78 is 5.39. The highest BCUT2D eigenvalue weighted by molar-refractivity contribution is 6.30. The van der Waals surface area contributed by atoms with Crippen LogP contribution < -0.4 is 10.6 Å². The molecule has 5 heteroatoms. The molecule has 0 saturated heterocycles. The minimum Gasteiger partial charge on any atom is -0.475 e. The molecule has 1 atom stereocenters. The third-order valence-electron chi connectivity index (χ3n) is 1.92. The number of rotatable bonds is 6. The quantitative estimate of drug-likeness (QED) is 0.761. The summed E-state index contributed by atoms with van der Waals surface area (Å²) in [6.45, 7) is 2.45. The van der Waals surface area contributed by atoms with Crippen LogP contribution in [0.25, 0.3) is 0 Å². The van der Waals surface area contributed by atoms with Crippen molar-refractivity contribution in [2.24, 2.45) is 5.90 Å². The molecule has 0 fully saturated rings. The van der Waals surface area contributed by atoms with E-state index in [-0.39, 0.29) is 6.10 Å². The van der Waals surface area contributed by atoms with E-state index in [0.29, 0.717) is 17.5 Å². The second-order valence-electron chi connectivity index (χ2n) is 3.17. The number of nitrogens with two attached hydrogens (primary N) is 1. The van der Waals surface area contributed by atoms with Crippen LogP contribution in [0.15, 0.2) is 18.3 Å². The Balaban J connectivity index is 2.41. The summed E-state index contributed by atoms with van der Waals surface area (Å²) in [5.74, 6) is 5.61. The van der Waals surface area contributed by atoms with E-state index < -0.39 is 0 Å². The van der Waals surface area contributed by atoms with Crippen LogP contribution in [-0.2, 0) is 4.84 Å². The maximum absolute atomic E-state index is 5.78. The predicted molar refractivity (Wildman–Crippen MR) is 58.7 cm³/mol. The van der Waals surface area contributed by atoms with Gasteiger partial charge in [-0.25, -0.2) is 10.9 Å². The molecule has 0 aromatic carbocycles. The molecule has 0 spiro atoms. The Morgan fingerprint density at radius 2 is 2.40 bits per heavy atom. The topological polar surface area (TPSA) is 57.4 Å². The smallest absolute Gasteiger partial charge is 0.214 e. The van der Waals surface area contributed by atoms with Gasteiger partial charge in [-0.3, -0.25) is 4.84 Å². The van der Waals surface area contributed by atoms with Gasteiger partial charge < -0.3 is 4.74 Å². The molecule has 4 nitrogen and oxygen atoms in total. The molecule has 1 aromatic heterocycles. The number of hydrogen-bond donors (Lipinski definition) is 1. The Labute approximate surface area is 94.3 Å². The lowest BCUT2D eigenvalue weighted by atomic mass is 10.2. The summed E-state index contributed by atoms with van der Waals surface area (Å²) in [4.78, 5) is 8.76. The van der Waals surface area contributed by atoms with Crippen molar-refractivity contribution in [1.29, 1.82) is 0 Å². The molecule has 1 rings (SSSR count). The molecule has 84 valence electrons. The highest BCUT2D eigenvalue weighted by atomic mass is 35.5. The zero-order chi connectivity index (χ0) is 11.1. The van der Waals surface area contributed by atoms with Crippen molar-refractivity contribution in [3.63, 3.8) is 0 Å². The van der Waals surface area contributed by atoms with Gasteiger partial charge in [0.15, 0.2) is 0 Å². The fourth-order valence-electron chi connectivity index (χ4n) is 1.16. The first kappa shape index (κ1) is 12.2. The maximum Gasteiger partial charge on any atom is 0.214 e. The van der Waals surface area contributed by atoms with Gasteiger partial charge in [-0.2, -0.15) is 0 Å². The number of ether oxygens (including phenoxy) is 1. The Kier molecular flexibility index (Phi) is 5.39. The first-order valence-corrected chi connectivity index (χ1v) is 5.24. The lowest BCUT2D eigenvalue weighted by Gasteiger charge is -2.13. The second-order valence-corrected chi connectivity index (χ2v) is 3.61. The fraction of sp³-hybridized carbons (Fsp3) is 0.500. The largest absolute Gasteiger partial charge is 0.475 e. The van der Waals surface area contributed by atoms with Gasteiger partial charge in [-0.05, 0) is 12.5 Å². The fourth-order valence-corrected chi connectivity index (χ4v) is 1.30. The van der Waals surface area contributed by atoms with Crippen LogP contribution >= 0.6 is 11.6 Å². The van der Waals surface area contributed by atoms with Gasteiger partial charge in [0.05, 0.1) is 0 Å². The molecule has 0 radical (unpaired) electrons. The first-order valence-electron chi connectivity index (χ1n) is 4.86. The van der Waals surface area contributed by atoms with E-state index in [2.05, 4.69) is 11.9 Å². The minimum atomic E-state index is -0.101. The predicted octanol–water partition coefficient (Wildman–Crippen LogP) is 2.17. The van der Waals surface area contributed by atoms with Crippen molar-refractivity contribution >= 4 is 11.6 Å². The van der Waals surface area contributed by atoms with E-state index in [0.717, 1.165) is 12.8 Å². The molecule has 0 amide bonds. The molecule has 2 N–H and O–H groups in total. The molecule has 1 aromatic rings. The van der Waals surface area contributed by atoms with Gasteiger partial charge in [-0.1, -0.05) is 24.9 Å². The molecule has 0 aliphatic heterocycles. The van der Waals surface area contributed by atoms with Crippen LogP contribution in [0.5, 0.6) is 5.88 Å². The lowest BCUT2D eigenvalue weighted by Crippen LogP contribution is -2.24. The third kappa shape index (κ3) is 4.46. The summed E-state index contributed by atoms with van der Waals surface area (Å²) in [7, 11) is 0. The average Bonchev–Trinajstić information content (AvgIpc) is 2.24. The number of aromatic nitrogens is 1. The van der Waals surface area contributed by atoms with Crippen molar-refractivity contribution in [2.75, 3.05) is 6.61 Å². The van der Waals surface area contributed by atoms with Gasteiger partial charge >= 0.3 is 0 Å². The summed E-state index contributed by atoms with van der Waals surface area (Å²) >= 11 is 5.78. The zero-order valence-corrected chi connectivity index (χ0v) is 9.41. The van der Waals surface area contributed by atoms with E-state index in [1.165, 1.54) is 0 Å². The highest BCUT2D eigenvalue weighted by Gasteiger charge is 2.08. The van der Waals surface area contributed by atoms with Gasteiger partial charge in [0.25, 0.3) is 0 Å². The Hall–Kier alpha value is -0.840. The van der Waals surface area contributed by atoms with E-state index in [4.69, 9.17) is 27.1 Å². The Bertz CT molecular complexity index is 297. The third-order valence-corrected chi connectivity index (χ3v) is 2.15. The molecule has 1 unspecified atom stereocenters. The average molecular weight is 231 g/mol. The van der Waals surface area contributed by atoms with E-state index in [1.54, 1.807) is 18.3 Å². The SMILES string of the molecule is CCCC(COc1cc(Cl)ccn1)ON. The summed E-state index contributed by atoms with van der Waals surface area (Å²) in [6, 6.07) is 3.35. The molecule has 0 aliphatic rings. The molecule has 0 bridgehead atoms. The van der Waals surface area contributed by atoms with E-state index in [9.17, 15) is 0 Å². The standard InChI is InChI=1S/C10H15ClN2O2/c1-2-3-9(15-12)7-14-10-6-8(11)4-5-13-10/h4-6,9H,2-3,7,12H2,1H3. The van der Waals surface area contributed by atoms with Crippen LogP contribution in [0.1, 0.15) is 19.8 Å². The molecule has 0 saturated carbocycles. The number of nitrogens with zero attached hydrogens (tertiary/aromatic N) is 1. The minimum absolute atomic E-state index is 0.101. The van der Waals surface area contributed by atoms with Crippen molar-refractivity contribution in [3.8, 4) is 5.88 Å². The van der Waals surface area contributed by atoms with Crippen molar-refractivity contribution < 1.29 is 9.57 Å². The van der Waals surface area contributed by atoms with Crippen molar-refractivity contribution in [2.45, 2.75) is 25.9 Å². The lowest BCUT2D eigenvalue weighted by molar-refractivity contribution is 0.0129. The number of pyridine rings is 1. The van der Waals surface area contributed by atoms with Gasteiger partial charge in [0.2, 0.25) is 5.88 Å². The van der Waals surface area contributed by atoms with Crippen LogP contribution in [-0.4, -0.2) is 17.7 Å². The Morgan fingerprint density at radius 3 is 3.00 bits per heavy atom. The Morgan fingerprint density at radius 1 is 1.60 bits per heavy atom. The molecular formula is C10H15ClN2O2. The summed E-state index contributed by atoms with van der Waals surface area (Å²) in [6.07, 6.45) is 3.34. The monoisotopic (exact) mass is 230 g/mol. The molecule has 15 heavy (non-hydrogen) atoms. The second kappa shape index (κ2) is 6.61. The van der Waals surface area contributed by atoms with Crippen LogP contribution in [0.2, 0.25) is 5.02 Å². The zero-order valence-electron chi connectivity index (χ0n) is 8.65. The molecule has 1 heterocycles. The highest BCUT2D eigenvalue weighted by Crippen LogP contribution is 2.14. The van der Waals surface area contributed by atoms with Crippen LogP contribution in [0, 0.1) is 0 Å². The number of halogens is 1. The molecular weight excluding hydrogens is 216 g/mol. The summed E-state index contributed by atoms with van der Waals surface area (Å²) in [5, 5.41) is 0.598. The molecule has 0 aliphatic carbocycles. The van der Waals surface area contributed by atoms with E-state index >= 15 is 0 Å². The van der Waals surface area contributed by atoms with Gasteiger partial charge in [0.1, 0.15) is 12.7 Å². The van der Waals surface area contributed by atoms with Gasteiger partial charge in [0, 0.05) is 17.3 Å². The number of hydrogen-bond acceptors (Lipinski definition) is 4. The summed E-state index contributed by atoms with van der Waals surface area (Å²) in [5.41, 5.74) is 0. The van der Waals surface area contributed by atoms with Crippen molar-refractivity contribution in [1.82, 2.24) is 4.98 Å². The van der Waals surface area contributed by atoms with E-state index in [1.807, 2.05) is 0 Å². The van der Waals surface area contributed by atoms with Crippen molar-refractivity contribution in [3.05, 3.63) is 23.4 Å². The first-order chi connectivity index (χ1) is 7.26.